The average Bonchev–Trinajstić information content (AvgIpc) is 2.77. The molecule has 0 spiro atoms. The first kappa shape index (κ1) is 14.6. The number of hydrogen-bond donors (Lipinski definition) is 1. The zero-order chi connectivity index (χ0) is 14.7. The Morgan fingerprint density at radius 2 is 2.15 bits per heavy atom. The van der Waals surface area contributed by atoms with E-state index in [-0.39, 0.29) is 5.97 Å². The smallest absolute Gasteiger partial charge is 0.308 e. The number of nitrogens with one attached hydrogen (secondary N) is 1. The Morgan fingerprint density at radius 1 is 1.40 bits per heavy atom. The monoisotopic (exact) mass is 274 g/mol. The molecule has 0 aliphatic heterocycles. The third kappa shape index (κ3) is 3.39. The van der Waals surface area contributed by atoms with Crippen LogP contribution in [0.2, 0.25) is 0 Å². The number of H-pyrrole nitrogens is 1. The summed E-state index contributed by atoms with van der Waals surface area (Å²) < 4.78 is 5.15. The fourth-order valence-corrected chi connectivity index (χ4v) is 2.15. The van der Waals surface area contributed by atoms with Gasteiger partial charge in [0.25, 0.3) is 0 Å². The number of ether oxygens (including phenoxy) is 1. The third-order valence-electron chi connectivity index (χ3n) is 3.62. The zero-order valence-corrected chi connectivity index (χ0v) is 12.6. The molecule has 0 unspecified atom stereocenters. The lowest BCUT2D eigenvalue weighted by Crippen LogP contribution is -2.28. The first-order chi connectivity index (χ1) is 9.47. The summed E-state index contributed by atoms with van der Waals surface area (Å²) in [5.74, 6) is 0.309. The minimum absolute atomic E-state index is 0.291. The Morgan fingerprint density at radius 3 is 2.80 bits per heavy atom. The molecule has 4 nitrogen and oxygen atoms in total. The van der Waals surface area contributed by atoms with E-state index in [0.29, 0.717) is 11.8 Å². The molecule has 2 aromatic rings. The van der Waals surface area contributed by atoms with E-state index < -0.39 is 0 Å². The highest BCUT2D eigenvalue weighted by atomic mass is 16.5. The van der Waals surface area contributed by atoms with Crippen LogP contribution in [-0.2, 0) is 11.2 Å². The van der Waals surface area contributed by atoms with E-state index in [2.05, 4.69) is 30.8 Å². The van der Waals surface area contributed by atoms with Crippen LogP contribution in [-0.4, -0.2) is 35.5 Å². The number of nitrogens with zero attached hydrogens (tertiary/aromatic N) is 1. The molecule has 0 atom stereocenters. The number of esters is 1. The molecule has 0 amide bonds. The highest BCUT2D eigenvalue weighted by Crippen LogP contribution is 2.24. The van der Waals surface area contributed by atoms with E-state index in [1.54, 1.807) is 0 Å². The van der Waals surface area contributed by atoms with Crippen LogP contribution in [0, 0.1) is 0 Å². The summed E-state index contributed by atoms with van der Waals surface area (Å²) in [7, 11) is 2.13. The second-order valence-corrected chi connectivity index (χ2v) is 5.44. The van der Waals surface area contributed by atoms with Gasteiger partial charge >= 0.3 is 5.97 Å². The van der Waals surface area contributed by atoms with E-state index >= 15 is 0 Å². The highest BCUT2D eigenvalue weighted by Gasteiger charge is 2.09. The van der Waals surface area contributed by atoms with Crippen molar-refractivity contribution in [1.82, 2.24) is 9.88 Å². The Bertz CT molecular complexity index is 602. The lowest BCUT2D eigenvalue weighted by Gasteiger charge is -2.20. The summed E-state index contributed by atoms with van der Waals surface area (Å²) in [6.07, 6.45) is 3.01. The number of rotatable bonds is 5. The Kier molecular flexibility index (Phi) is 4.45. The van der Waals surface area contributed by atoms with Crippen molar-refractivity contribution in [2.75, 3.05) is 13.6 Å². The molecule has 0 bridgehead atoms. The van der Waals surface area contributed by atoms with Gasteiger partial charge in [0.15, 0.2) is 0 Å². The topological polar surface area (TPSA) is 45.3 Å². The van der Waals surface area contributed by atoms with Crippen LogP contribution in [0.5, 0.6) is 5.75 Å². The summed E-state index contributed by atoms with van der Waals surface area (Å²) in [6, 6.07) is 6.22. The molecule has 1 aromatic carbocycles. The molecule has 1 N–H and O–H groups in total. The van der Waals surface area contributed by atoms with Crippen LogP contribution >= 0.6 is 0 Å². The SMILES string of the molecule is CC(=O)Oc1ccc2[nH]cc(CCN(C)C(C)C)c2c1. The molecular formula is C16H22N2O2. The van der Waals surface area contributed by atoms with Crippen molar-refractivity contribution in [3.05, 3.63) is 30.0 Å². The largest absolute Gasteiger partial charge is 0.427 e. The lowest BCUT2D eigenvalue weighted by atomic mass is 10.1. The normalized spacial score (nSPS) is 11.5. The van der Waals surface area contributed by atoms with Gasteiger partial charge < -0.3 is 14.6 Å². The van der Waals surface area contributed by atoms with E-state index in [9.17, 15) is 4.79 Å². The average molecular weight is 274 g/mol. The predicted octanol–water partition coefficient (Wildman–Crippen LogP) is 2.98. The lowest BCUT2D eigenvalue weighted by molar-refractivity contribution is -0.131. The van der Waals surface area contributed by atoms with Crippen LogP contribution in [0.3, 0.4) is 0 Å². The summed E-state index contributed by atoms with van der Waals surface area (Å²) in [5.41, 5.74) is 2.32. The number of aromatic nitrogens is 1. The van der Waals surface area contributed by atoms with Gasteiger partial charge in [0.2, 0.25) is 0 Å². The summed E-state index contributed by atoms with van der Waals surface area (Å²) in [6.45, 7) is 6.80. The molecule has 0 fully saturated rings. The van der Waals surface area contributed by atoms with Crippen LogP contribution in [0.4, 0.5) is 0 Å². The van der Waals surface area contributed by atoms with Crippen molar-refractivity contribution < 1.29 is 9.53 Å². The molecule has 1 heterocycles. The molecule has 2 rings (SSSR count). The predicted molar refractivity (Wildman–Crippen MR) is 81.1 cm³/mol. The molecule has 0 aliphatic carbocycles. The van der Waals surface area contributed by atoms with Gasteiger partial charge in [-0.15, -0.1) is 0 Å². The fourth-order valence-electron chi connectivity index (χ4n) is 2.15. The first-order valence-corrected chi connectivity index (χ1v) is 6.96. The van der Waals surface area contributed by atoms with Gasteiger partial charge in [-0.2, -0.15) is 0 Å². The van der Waals surface area contributed by atoms with Gasteiger partial charge in [-0.25, -0.2) is 0 Å². The van der Waals surface area contributed by atoms with E-state index in [4.69, 9.17) is 4.74 Å². The first-order valence-electron chi connectivity index (χ1n) is 6.96. The van der Waals surface area contributed by atoms with Gasteiger partial charge in [-0.05, 0) is 51.1 Å². The van der Waals surface area contributed by atoms with Gasteiger partial charge in [0.1, 0.15) is 5.75 Å². The highest BCUT2D eigenvalue weighted by molar-refractivity contribution is 5.85. The maximum absolute atomic E-state index is 11.0. The summed E-state index contributed by atoms with van der Waals surface area (Å²) >= 11 is 0. The van der Waals surface area contributed by atoms with Crippen LogP contribution in [0.1, 0.15) is 26.3 Å². The van der Waals surface area contributed by atoms with Crippen LogP contribution in [0.15, 0.2) is 24.4 Å². The fraction of sp³-hybridized carbons (Fsp3) is 0.438. The number of aromatic amines is 1. The van der Waals surface area contributed by atoms with Gasteiger partial charge in [-0.3, -0.25) is 4.79 Å². The molecule has 4 heteroatoms. The van der Waals surface area contributed by atoms with Crippen LogP contribution in [0.25, 0.3) is 10.9 Å². The number of carbonyl (C=O) groups excluding carboxylic acids is 1. The van der Waals surface area contributed by atoms with Crippen molar-refractivity contribution in [3.63, 3.8) is 0 Å². The Hall–Kier alpha value is -1.81. The number of carbonyl (C=O) groups is 1. The molecule has 1 aromatic heterocycles. The van der Waals surface area contributed by atoms with Crippen molar-refractivity contribution in [2.45, 2.75) is 33.2 Å². The standard InChI is InChI=1S/C16H22N2O2/c1-11(2)18(4)8-7-13-10-17-16-6-5-14(9-15(13)16)20-12(3)19/h5-6,9-11,17H,7-8H2,1-4H3. The van der Waals surface area contributed by atoms with E-state index in [1.807, 2.05) is 24.4 Å². The molecule has 20 heavy (non-hydrogen) atoms. The summed E-state index contributed by atoms with van der Waals surface area (Å²) in [4.78, 5) is 16.6. The van der Waals surface area contributed by atoms with Crippen molar-refractivity contribution in [2.24, 2.45) is 0 Å². The molecule has 108 valence electrons. The second kappa shape index (κ2) is 6.09. The quantitative estimate of drug-likeness (QED) is 0.673. The molecule has 0 radical (unpaired) electrons. The van der Waals surface area contributed by atoms with E-state index in [0.717, 1.165) is 23.9 Å². The summed E-state index contributed by atoms with van der Waals surface area (Å²) in [5, 5.41) is 1.13. The molecule has 0 saturated heterocycles. The zero-order valence-electron chi connectivity index (χ0n) is 12.6. The number of fused-ring (bicyclic) bond motifs is 1. The number of likely N-dealkylation sites (N-methyl/N-ethyl adjacent to an activating group) is 1. The minimum atomic E-state index is -0.291. The van der Waals surface area contributed by atoms with Gasteiger partial charge in [-0.1, -0.05) is 0 Å². The van der Waals surface area contributed by atoms with Crippen molar-refractivity contribution in [3.8, 4) is 5.75 Å². The van der Waals surface area contributed by atoms with Crippen LogP contribution < -0.4 is 4.74 Å². The Balaban J connectivity index is 2.18. The maximum Gasteiger partial charge on any atom is 0.308 e. The maximum atomic E-state index is 11.0. The second-order valence-electron chi connectivity index (χ2n) is 5.44. The van der Waals surface area contributed by atoms with Gasteiger partial charge in [0.05, 0.1) is 0 Å². The Labute approximate surface area is 119 Å². The third-order valence-corrected chi connectivity index (χ3v) is 3.62. The number of hydrogen-bond acceptors (Lipinski definition) is 3. The van der Waals surface area contributed by atoms with Crippen molar-refractivity contribution in [1.29, 1.82) is 0 Å². The molecule has 0 aliphatic rings. The van der Waals surface area contributed by atoms with E-state index in [1.165, 1.54) is 12.5 Å². The van der Waals surface area contributed by atoms with Crippen molar-refractivity contribution >= 4 is 16.9 Å². The number of benzene rings is 1. The minimum Gasteiger partial charge on any atom is -0.427 e. The molecule has 0 saturated carbocycles. The van der Waals surface area contributed by atoms with Gasteiger partial charge in [0, 0.05) is 36.6 Å². The molecular weight excluding hydrogens is 252 g/mol.